The van der Waals surface area contributed by atoms with Crippen molar-refractivity contribution in [3.63, 3.8) is 0 Å². The van der Waals surface area contributed by atoms with Crippen molar-refractivity contribution < 1.29 is 19.1 Å². The topological polar surface area (TPSA) is 91.1 Å². The lowest BCUT2D eigenvalue weighted by Crippen LogP contribution is -2.48. The van der Waals surface area contributed by atoms with Gasteiger partial charge < -0.3 is 19.6 Å². The van der Waals surface area contributed by atoms with Gasteiger partial charge in [-0.2, -0.15) is 0 Å². The number of terminal acetylenes is 1. The second kappa shape index (κ2) is 10.7. The normalized spacial score (nSPS) is 17.6. The van der Waals surface area contributed by atoms with Gasteiger partial charge in [-0.15, -0.1) is 6.42 Å². The van der Waals surface area contributed by atoms with Crippen molar-refractivity contribution in [1.29, 1.82) is 0 Å². The molecule has 2 heterocycles. The Morgan fingerprint density at radius 2 is 2.03 bits per heavy atom. The minimum absolute atomic E-state index is 0.217. The molecule has 1 saturated heterocycles. The first-order valence-electron chi connectivity index (χ1n) is 11.1. The highest BCUT2D eigenvalue weighted by Crippen LogP contribution is 2.25. The number of aromatic nitrogens is 1. The molecule has 1 atom stereocenters. The molecule has 0 radical (unpaired) electrons. The van der Waals surface area contributed by atoms with Crippen molar-refractivity contribution >= 4 is 11.6 Å². The molecule has 1 aliphatic heterocycles. The molecule has 170 valence electrons. The van der Waals surface area contributed by atoms with Crippen molar-refractivity contribution in [1.82, 2.24) is 14.8 Å². The number of nitrogens with zero attached hydrogens (tertiary/aromatic N) is 3. The number of aliphatic hydroxyl groups excluding tert-OH is 1. The van der Waals surface area contributed by atoms with Crippen LogP contribution in [0.3, 0.4) is 0 Å². The number of nitrogens with one attached hydrogen (secondary N) is 1. The highest BCUT2D eigenvalue weighted by Gasteiger charge is 2.22. The Hall–Kier alpha value is -2.70. The Balaban J connectivity index is 1.22. The van der Waals surface area contributed by atoms with E-state index in [1.807, 2.05) is 6.07 Å². The van der Waals surface area contributed by atoms with Crippen LogP contribution in [0.5, 0.6) is 0 Å². The zero-order chi connectivity index (χ0) is 22.3. The number of fused-ring (bicyclic) bond motifs is 1. The Morgan fingerprint density at radius 3 is 2.84 bits per heavy atom. The summed E-state index contributed by atoms with van der Waals surface area (Å²) in [6, 6.07) is 6.09. The molecule has 2 aromatic rings. The number of β-amino-alcohol motifs (C(OH)–C–C–N with tert-alkyl or cyclic N) is 1. The number of carbonyl (C=O) groups excluding carboxylic acids is 1. The van der Waals surface area contributed by atoms with Crippen LogP contribution in [0.2, 0.25) is 0 Å². The van der Waals surface area contributed by atoms with Crippen LogP contribution in [-0.4, -0.2) is 77.8 Å². The first-order chi connectivity index (χ1) is 15.6. The zero-order valence-corrected chi connectivity index (χ0v) is 18.3. The third-order valence-corrected chi connectivity index (χ3v) is 5.93. The maximum atomic E-state index is 12.6. The summed E-state index contributed by atoms with van der Waals surface area (Å²) in [5.74, 6) is 2.66. The average Bonchev–Trinajstić information content (AvgIpc) is 3.44. The smallest absolute Gasteiger partial charge is 0.277 e. The van der Waals surface area contributed by atoms with Gasteiger partial charge in [0.2, 0.25) is 5.89 Å². The summed E-state index contributed by atoms with van der Waals surface area (Å²) in [6.07, 6.45) is 9.37. The van der Waals surface area contributed by atoms with Crippen LogP contribution in [0.4, 0.5) is 5.69 Å². The molecule has 8 nitrogen and oxygen atoms in total. The number of aryl methyl sites for hydroxylation is 2. The number of hydrogen-bond acceptors (Lipinski definition) is 7. The van der Waals surface area contributed by atoms with Crippen LogP contribution in [0.15, 0.2) is 28.9 Å². The van der Waals surface area contributed by atoms with E-state index in [-0.39, 0.29) is 24.8 Å². The van der Waals surface area contributed by atoms with Crippen LogP contribution in [0.25, 0.3) is 0 Å². The monoisotopic (exact) mass is 438 g/mol. The number of oxazole rings is 1. The van der Waals surface area contributed by atoms with Gasteiger partial charge in [0.25, 0.3) is 5.91 Å². The summed E-state index contributed by atoms with van der Waals surface area (Å²) in [7, 11) is 0. The van der Waals surface area contributed by atoms with Crippen LogP contribution < -0.4 is 5.32 Å². The predicted octanol–water partition coefficient (Wildman–Crippen LogP) is 1.54. The van der Waals surface area contributed by atoms with Gasteiger partial charge in [-0.25, -0.2) is 4.98 Å². The van der Waals surface area contributed by atoms with Gasteiger partial charge in [-0.3, -0.25) is 14.6 Å². The minimum Gasteiger partial charge on any atom is -0.447 e. The molecule has 2 N–H and O–H groups in total. The number of hydrogen-bond donors (Lipinski definition) is 2. The van der Waals surface area contributed by atoms with E-state index >= 15 is 0 Å². The zero-order valence-electron chi connectivity index (χ0n) is 18.3. The maximum Gasteiger partial charge on any atom is 0.277 e. The van der Waals surface area contributed by atoms with Crippen LogP contribution in [-0.2, 0) is 24.1 Å². The lowest BCUT2D eigenvalue weighted by atomic mass is 10.1. The number of benzene rings is 1. The molecule has 1 aromatic carbocycles. The fraction of sp³-hybridized carbons (Fsp3) is 0.500. The summed E-state index contributed by atoms with van der Waals surface area (Å²) in [5.41, 5.74) is 3.77. The fourth-order valence-electron chi connectivity index (χ4n) is 4.26. The standard InChI is InChI=1S/C24H30N4O4/c1-2-12-31-16-21(29)14-27-8-10-28(11-9-27)15-23-26-22(17-32-23)24(30)25-20-7-6-18-4-3-5-19(18)13-20/h1,6-7,13,17,21,29H,3-5,8-12,14-16H2,(H,25,30). The van der Waals surface area contributed by atoms with Crippen LogP contribution in [0.1, 0.15) is 33.9 Å². The van der Waals surface area contributed by atoms with Gasteiger partial charge >= 0.3 is 0 Å². The van der Waals surface area contributed by atoms with E-state index in [0.29, 0.717) is 19.0 Å². The van der Waals surface area contributed by atoms with Crippen molar-refractivity contribution in [2.24, 2.45) is 0 Å². The van der Waals surface area contributed by atoms with Gasteiger partial charge in [0, 0.05) is 38.4 Å². The number of anilines is 1. The Labute approximate surface area is 188 Å². The van der Waals surface area contributed by atoms with E-state index in [1.54, 1.807) is 0 Å². The largest absolute Gasteiger partial charge is 0.447 e. The van der Waals surface area contributed by atoms with Gasteiger partial charge in [0.1, 0.15) is 12.9 Å². The molecular weight excluding hydrogens is 408 g/mol. The van der Waals surface area contributed by atoms with E-state index in [2.05, 4.69) is 38.2 Å². The van der Waals surface area contributed by atoms with Crippen LogP contribution >= 0.6 is 0 Å². The van der Waals surface area contributed by atoms with Gasteiger partial charge in [0.15, 0.2) is 5.69 Å². The Kier molecular flexibility index (Phi) is 7.55. The van der Waals surface area contributed by atoms with Gasteiger partial charge in [0.05, 0.1) is 19.3 Å². The second-order valence-corrected chi connectivity index (χ2v) is 8.37. The highest BCUT2D eigenvalue weighted by molar-refractivity contribution is 6.02. The number of ether oxygens (including phenoxy) is 1. The van der Waals surface area contributed by atoms with Crippen molar-refractivity contribution in [3.05, 3.63) is 47.2 Å². The van der Waals surface area contributed by atoms with Crippen LogP contribution in [0, 0.1) is 12.3 Å². The van der Waals surface area contributed by atoms with Crippen molar-refractivity contribution in [2.75, 3.05) is 51.3 Å². The van der Waals surface area contributed by atoms with Crippen molar-refractivity contribution in [2.45, 2.75) is 31.9 Å². The molecule has 32 heavy (non-hydrogen) atoms. The highest BCUT2D eigenvalue weighted by atomic mass is 16.5. The third-order valence-electron chi connectivity index (χ3n) is 5.93. The van der Waals surface area contributed by atoms with Gasteiger partial charge in [-0.05, 0) is 42.5 Å². The molecule has 0 saturated carbocycles. The van der Waals surface area contributed by atoms with E-state index in [9.17, 15) is 9.90 Å². The molecule has 4 rings (SSSR count). The molecule has 8 heteroatoms. The first-order valence-corrected chi connectivity index (χ1v) is 11.1. The van der Waals surface area contributed by atoms with Gasteiger partial charge in [-0.1, -0.05) is 12.0 Å². The number of amides is 1. The molecule has 0 spiro atoms. The predicted molar refractivity (Wildman–Crippen MR) is 120 cm³/mol. The number of carbonyl (C=O) groups is 1. The average molecular weight is 439 g/mol. The summed E-state index contributed by atoms with van der Waals surface area (Å²) in [6.45, 7) is 4.90. The summed E-state index contributed by atoms with van der Waals surface area (Å²) in [5, 5.41) is 12.9. The number of piperazine rings is 1. The lowest BCUT2D eigenvalue weighted by Gasteiger charge is -2.34. The Bertz CT molecular complexity index is 959. The molecular formula is C24H30N4O4. The van der Waals surface area contributed by atoms with E-state index < -0.39 is 6.10 Å². The van der Waals surface area contributed by atoms with Crippen molar-refractivity contribution in [3.8, 4) is 12.3 Å². The van der Waals surface area contributed by atoms with E-state index in [1.165, 1.54) is 23.8 Å². The maximum absolute atomic E-state index is 12.6. The molecule has 2 aliphatic rings. The van der Waals surface area contributed by atoms with E-state index in [0.717, 1.165) is 44.7 Å². The molecule has 1 aliphatic carbocycles. The quantitative estimate of drug-likeness (QED) is 0.453. The summed E-state index contributed by atoms with van der Waals surface area (Å²) in [4.78, 5) is 21.4. The minimum atomic E-state index is -0.548. The molecule has 1 fully saturated rings. The lowest BCUT2D eigenvalue weighted by molar-refractivity contribution is 0.0146. The Morgan fingerprint density at radius 1 is 1.25 bits per heavy atom. The molecule has 0 bridgehead atoms. The fourth-order valence-corrected chi connectivity index (χ4v) is 4.26. The molecule has 1 amide bonds. The summed E-state index contributed by atoms with van der Waals surface area (Å²) >= 11 is 0. The van der Waals surface area contributed by atoms with E-state index in [4.69, 9.17) is 15.6 Å². The molecule has 1 aromatic heterocycles. The molecule has 1 unspecified atom stereocenters. The second-order valence-electron chi connectivity index (χ2n) is 8.37. The number of rotatable bonds is 9. The number of aliphatic hydroxyl groups is 1. The third kappa shape index (κ3) is 5.96. The SMILES string of the molecule is C#CCOCC(O)CN1CCN(Cc2nc(C(=O)Nc3ccc4c(c3)CCC4)co2)CC1. The first kappa shape index (κ1) is 22.5. The summed E-state index contributed by atoms with van der Waals surface area (Å²) < 4.78 is 10.7.